The highest BCUT2D eigenvalue weighted by atomic mass is 35.5. The number of aromatic amines is 1. The van der Waals surface area contributed by atoms with E-state index in [2.05, 4.69) is 10.2 Å². The number of hydrogen-bond acceptors (Lipinski definition) is 3. The van der Waals surface area contributed by atoms with Gasteiger partial charge in [0, 0.05) is 10.4 Å². The molecular weight excluding hydrogens is 386 g/mol. The number of H-pyrrole nitrogens is 1. The lowest BCUT2D eigenvalue weighted by Gasteiger charge is -2.16. The molecule has 1 aromatic heterocycles. The van der Waals surface area contributed by atoms with Crippen LogP contribution >= 0.6 is 11.6 Å². The molecule has 0 saturated carbocycles. The molecule has 0 fully saturated rings. The van der Waals surface area contributed by atoms with Gasteiger partial charge in [0.1, 0.15) is 0 Å². The minimum Gasteiger partial charge on any atom is -0.277 e. The molecule has 140 valence electrons. The molecule has 2 amide bonds. The van der Waals surface area contributed by atoms with Crippen LogP contribution in [0.5, 0.6) is 0 Å². The molecule has 0 saturated heterocycles. The minimum atomic E-state index is -0.376. The van der Waals surface area contributed by atoms with Gasteiger partial charge in [-0.3, -0.25) is 14.7 Å². The fourth-order valence-corrected chi connectivity index (χ4v) is 3.72. The molecule has 0 bridgehead atoms. The normalized spacial score (nSPS) is 13.6. The van der Waals surface area contributed by atoms with Gasteiger partial charge in [-0.15, -0.1) is 0 Å². The first-order chi connectivity index (χ1) is 14.1. The summed E-state index contributed by atoms with van der Waals surface area (Å²) in [6.45, 7) is 0. The van der Waals surface area contributed by atoms with Crippen molar-refractivity contribution >= 4 is 52.2 Å². The average Bonchev–Trinajstić information content (AvgIpc) is 3.26. The summed E-state index contributed by atoms with van der Waals surface area (Å²) in [6, 6.07) is 19.8. The molecule has 0 unspecified atom stereocenters. The van der Waals surface area contributed by atoms with Gasteiger partial charge in [-0.05, 0) is 42.0 Å². The minimum absolute atomic E-state index is 0.319. The number of carbonyl (C=O) groups is 2. The van der Waals surface area contributed by atoms with E-state index in [0.717, 1.165) is 22.2 Å². The Morgan fingerprint density at radius 3 is 2.52 bits per heavy atom. The number of carbonyl (C=O) groups excluding carboxylic acids is 2. The van der Waals surface area contributed by atoms with Crippen molar-refractivity contribution in [3.63, 3.8) is 0 Å². The van der Waals surface area contributed by atoms with Crippen molar-refractivity contribution in [3.05, 3.63) is 94.1 Å². The lowest BCUT2D eigenvalue weighted by atomic mass is 10.1. The van der Waals surface area contributed by atoms with Gasteiger partial charge < -0.3 is 0 Å². The predicted molar refractivity (Wildman–Crippen MR) is 114 cm³/mol. The number of hydrogen-bond donors (Lipinski definition) is 1. The van der Waals surface area contributed by atoms with Gasteiger partial charge >= 0.3 is 0 Å². The Kier molecular flexibility index (Phi) is 4.03. The second-order valence-electron chi connectivity index (χ2n) is 6.68. The van der Waals surface area contributed by atoms with Crippen molar-refractivity contribution < 1.29 is 9.59 Å². The Balaban J connectivity index is 1.55. The van der Waals surface area contributed by atoms with Gasteiger partial charge in [-0.25, -0.2) is 4.90 Å². The predicted octanol–water partition coefficient (Wildman–Crippen LogP) is 5.19. The molecule has 1 aliphatic heterocycles. The SMILES string of the molecule is O=C1c2ccc(Cl)cc2C(=O)N1c1ccccc1/C=C/c1n[nH]c2ccccc12. The van der Waals surface area contributed by atoms with Crippen LogP contribution in [-0.4, -0.2) is 22.0 Å². The summed E-state index contributed by atoms with van der Waals surface area (Å²) in [5.74, 6) is -0.730. The van der Waals surface area contributed by atoms with Gasteiger partial charge in [0.25, 0.3) is 11.8 Å². The second-order valence-corrected chi connectivity index (χ2v) is 7.12. The molecule has 4 aromatic rings. The maximum atomic E-state index is 12.9. The number of benzene rings is 3. The Bertz CT molecular complexity index is 1320. The van der Waals surface area contributed by atoms with E-state index in [4.69, 9.17) is 11.6 Å². The highest BCUT2D eigenvalue weighted by Gasteiger charge is 2.37. The van der Waals surface area contributed by atoms with E-state index in [1.807, 2.05) is 48.6 Å². The first-order valence-corrected chi connectivity index (χ1v) is 9.40. The van der Waals surface area contributed by atoms with Crippen LogP contribution in [-0.2, 0) is 0 Å². The molecule has 6 heteroatoms. The highest BCUT2D eigenvalue weighted by molar-refractivity contribution is 6.37. The monoisotopic (exact) mass is 399 g/mol. The Labute approximate surface area is 171 Å². The van der Waals surface area contributed by atoms with Crippen molar-refractivity contribution in [1.29, 1.82) is 0 Å². The smallest absolute Gasteiger partial charge is 0.266 e. The molecule has 0 radical (unpaired) electrons. The average molecular weight is 400 g/mol. The van der Waals surface area contributed by atoms with E-state index in [0.29, 0.717) is 21.8 Å². The number of aromatic nitrogens is 2. The summed E-state index contributed by atoms with van der Waals surface area (Å²) in [5.41, 5.74) is 3.66. The van der Waals surface area contributed by atoms with Gasteiger partial charge in [0.05, 0.1) is 28.0 Å². The molecule has 5 nitrogen and oxygen atoms in total. The lowest BCUT2D eigenvalue weighted by Crippen LogP contribution is -2.29. The number of imide groups is 1. The topological polar surface area (TPSA) is 66.1 Å². The van der Waals surface area contributed by atoms with E-state index in [-0.39, 0.29) is 11.8 Å². The fraction of sp³-hybridized carbons (Fsp3) is 0. The van der Waals surface area contributed by atoms with Gasteiger partial charge in [-0.1, -0.05) is 54.1 Å². The maximum Gasteiger partial charge on any atom is 0.266 e. The molecule has 0 spiro atoms. The van der Waals surface area contributed by atoms with E-state index < -0.39 is 0 Å². The number of para-hydroxylation sites is 2. The van der Waals surface area contributed by atoms with Crippen molar-refractivity contribution in [2.24, 2.45) is 0 Å². The van der Waals surface area contributed by atoms with E-state index in [1.165, 1.54) is 11.0 Å². The van der Waals surface area contributed by atoms with Gasteiger partial charge in [0.15, 0.2) is 0 Å². The summed E-state index contributed by atoms with van der Waals surface area (Å²) in [4.78, 5) is 27.0. The van der Waals surface area contributed by atoms with E-state index >= 15 is 0 Å². The third-order valence-electron chi connectivity index (χ3n) is 4.95. The van der Waals surface area contributed by atoms with Crippen molar-refractivity contribution in [2.45, 2.75) is 0 Å². The molecule has 1 aliphatic rings. The molecule has 2 heterocycles. The van der Waals surface area contributed by atoms with Crippen LogP contribution in [0.4, 0.5) is 5.69 Å². The Hall–Kier alpha value is -3.70. The van der Waals surface area contributed by atoms with Crippen LogP contribution < -0.4 is 4.90 Å². The first kappa shape index (κ1) is 17.4. The second kappa shape index (κ2) is 6.72. The molecule has 3 aromatic carbocycles. The van der Waals surface area contributed by atoms with Crippen molar-refractivity contribution in [1.82, 2.24) is 10.2 Å². The Morgan fingerprint density at radius 2 is 1.62 bits per heavy atom. The fourth-order valence-electron chi connectivity index (χ4n) is 3.54. The number of nitrogens with zero attached hydrogens (tertiary/aromatic N) is 2. The van der Waals surface area contributed by atoms with Crippen LogP contribution in [0, 0.1) is 0 Å². The molecule has 1 N–H and O–H groups in total. The third-order valence-corrected chi connectivity index (χ3v) is 5.18. The first-order valence-electron chi connectivity index (χ1n) is 9.02. The van der Waals surface area contributed by atoms with E-state index in [9.17, 15) is 9.59 Å². The molecule has 5 rings (SSSR count). The van der Waals surface area contributed by atoms with Crippen LogP contribution in [0.3, 0.4) is 0 Å². The number of amides is 2. The lowest BCUT2D eigenvalue weighted by molar-refractivity contribution is 0.0926. The summed E-state index contributed by atoms with van der Waals surface area (Å²) in [5, 5.41) is 8.75. The molecular formula is C23H14ClN3O2. The highest BCUT2D eigenvalue weighted by Crippen LogP contribution is 2.33. The van der Waals surface area contributed by atoms with Crippen LogP contribution in [0.2, 0.25) is 5.02 Å². The van der Waals surface area contributed by atoms with Crippen molar-refractivity contribution in [2.75, 3.05) is 4.90 Å². The summed E-state index contributed by atoms with van der Waals surface area (Å²) >= 11 is 6.01. The largest absolute Gasteiger partial charge is 0.277 e. The van der Waals surface area contributed by atoms with Crippen LogP contribution in [0.15, 0.2) is 66.7 Å². The summed E-state index contributed by atoms with van der Waals surface area (Å²) in [7, 11) is 0. The molecule has 0 aliphatic carbocycles. The molecule has 0 atom stereocenters. The van der Waals surface area contributed by atoms with E-state index in [1.54, 1.807) is 24.3 Å². The quantitative estimate of drug-likeness (QED) is 0.482. The van der Waals surface area contributed by atoms with Crippen LogP contribution in [0.25, 0.3) is 23.1 Å². The van der Waals surface area contributed by atoms with Crippen LogP contribution in [0.1, 0.15) is 32.0 Å². The molecule has 29 heavy (non-hydrogen) atoms. The zero-order chi connectivity index (χ0) is 20.0. The number of nitrogens with one attached hydrogen (secondary N) is 1. The number of fused-ring (bicyclic) bond motifs is 2. The standard InChI is InChI=1S/C23H14ClN3O2/c24-15-10-11-16-18(13-15)23(29)27(22(16)28)21-8-4-1-5-14(21)9-12-20-17-6-2-3-7-19(17)25-26-20/h1-13H,(H,25,26)/b12-9+. The van der Waals surface area contributed by atoms with Gasteiger partial charge in [0.2, 0.25) is 0 Å². The zero-order valence-electron chi connectivity index (χ0n) is 15.1. The number of anilines is 1. The Morgan fingerprint density at radius 1 is 0.862 bits per heavy atom. The summed E-state index contributed by atoms with van der Waals surface area (Å²) in [6.07, 6.45) is 3.72. The zero-order valence-corrected chi connectivity index (χ0v) is 15.9. The maximum absolute atomic E-state index is 12.9. The number of rotatable bonds is 3. The van der Waals surface area contributed by atoms with Crippen molar-refractivity contribution in [3.8, 4) is 0 Å². The summed E-state index contributed by atoms with van der Waals surface area (Å²) < 4.78 is 0. The van der Waals surface area contributed by atoms with Gasteiger partial charge in [-0.2, -0.15) is 5.10 Å². The number of halogens is 1. The third kappa shape index (κ3) is 2.83.